The lowest BCUT2D eigenvalue weighted by Gasteiger charge is -2.29. The first-order valence-corrected chi connectivity index (χ1v) is 14.8. The van der Waals surface area contributed by atoms with Crippen LogP contribution in [0, 0.1) is 0 Å². The number of fused-ring (bicyclic) bond motifs is 1. The number of nitrogens with one attached hydrogen (secondary N) is 1. The zero-order chi connectivity index (χ0) is 36.5. The van der Waals surface area contributed by atoms with E-state index >= 15 is 0 Å². The molecule has 0 aliphatic carbocycles. The largest absolute Gasteiger partial charge is 0.490 e. The van der Waals surface area contributed by atoms with Crippen LogP contribution in [-0.4, -0.2) is 81.6 Å². The van der Waals surface area contributed by atoms with Crippen molar-refractivity contribution in [3.05, 3.63) is 81.9 Å². The van der Waals surface area contributed by atoms with Gasteiger partial charge >= 0.3 is 30.0 Å². The maximum atomic E-state index is 12.9. The van der Waals surface area contributed by atoms with E-state index in [1.54, 1.807) is 11.3 Å². The molecule has 0 saturated carbocycles. The zero-order valence-electron chi connectivity index (χ0n) is 25.1. The second-order valence-corrected chi connectivity index (χ2v) is 11.3. The van der Waals surface area contributed by atoms with Crippen molar-refractivity contribution in [3.63, 3.8) is 0 Å². The van der Waals surface area contributed by atoms with Crippen molar-refractivity contribution < 1.29 is 54.9 Å². The fourth-order valence-corrected chi connectivity index (χ4v) is 5.37. The molecule has 0 unspecified atom stereocenters. The van der Waals surface area contributed by atoms with Gasteiger partial charge in [0.1, 0.15) is 6.33 Å². The number of piperazine rings is 1. The number of carbonyl (C=O) groups is 2. The minimum atomic E-state index is -5.08. The molecule has 49 heavy (non-hydrogen) atoms. The Balaban J connectivity index is 0.000000392. The summed E-state index contributed by atoms with van der Waals surface area (Å²) < 4.78 is 92.8. The lowest BCUT2D eigenvalue weighted by atomic mass is 10.0. The van der Waals surface area contributed by atoms with Gasteiger partial charge in [-0.1, -0.05) is 24.3 Å². The maximum absolute atomic E-state index is 12.9. The summed E-state index contributed by atoms with van der Waals surface area (Å²) in [5, 5.41) is 22.7. The Morgan fingerprint density at radius 2 is 1.45 bits per heavy atom. The number of nitrogens with zero attached hydrogens (tertiary/aromatic N) is 4. The molecular formula is C29H28F8N6O5S. The number of aliphatic carboxylic acids is 2. The number of rotatable bonds is 7. The van der Waals surface area contributed by atoms with E-state index in [0.717, 1.165) is 57.0 Å². The van der Waals surface area contributed by atoms with E-state index in [9.17, 15) is 39.9 Å². The fraction of sp³-hybridized carbons (Fsp3) is 0.310. The van der Waals surface area contributed by atoms with Crippen molar-refractivity contribution in [2.45, 2.75) is 25.4 Å². The quantitative estimate of drug-likeness (QED) is 0.198. The molecule has 0 atom stereocenters. The van der Waals surface area contributed by atoms with Crippen LogP contribution in [0.25, 0.3) is 21.2 Å². The minimum absolute atomic E-state index is 0.298. The summed E-state index contributed by atoms with van der Waals surface area (Å²) in [4.78, 5) is 33.8. The Labute approximate surface area is 275 Å². The first kappa shape index (κ1) is 38.6. The number of alkyl halides is 6. The molecule has 0 spiro atoms. The van der Waals surface area contributed by atoms with Gasteiger partial charge in [0.2, 0.25) is 0 Å². The highest BCUT2D eigenvalue weighted by atomic mass is 32.1. The van der Waals surface area contributed by atoms with Gasteiger partial charge < -0.3 is 26.2 Å². The highest BCUT2D eigenvalue weighted by Crippen LogP contribution is 2.32. The molecule has 1 aliphatic heterocycles. The van der Waals surface area contributed by atoms with Gasteiger partial charge in [-0.15, -0.1) is 11.3 Å². The Morgan fingerprint density at radius 1 is 0.898 bits per heavy atom. The second-order valence-electron chi connectivity index (χ2n) is 10.1. The van der Waals surface area contributed by atoms with Crippen molar-refractivity contribution in [1.82, 2.24) is 19.7 Å². The third-order valence-corrected chi connectivity index (χ3v) is 7.80. The predicted molar refractivity (Wildman–Crippen MR) is 164 cm³/mol. The molecular weight excluding hydrogens is 696 g/mol. The van der Waals surface area contributed by atoms with Crippen LogP contribution in [0.1, 0.15) is 4.88 Å². The molecule has 0 radical (unpaired) electrons. The summed E-state index contributed by atoms with van der Waals surface area (Å²) >= 11 is 1.61. The van der Waals surface area contributed by atoms with Crippen LogP contribution in [0.4, 0.5) is 40.8 Å². The van der Waals surface area contributed by atoms with Crippen molar-refractivity contribution in [3.8, 4) is 11.1 Å². The Morgan fingerprint density at radius 3 is 1.96 bits per heavy atom. The number of nitrogens with two attached hydrogens (primary N) is 1. The molecule has 20 heteroatoms. The van der Waals surface area contributed by atoms with Crippen LogP contribution in [0.2, 0.25) is 0 Å². The molecule has 2 aromatic heterocycles. The lowest BCUT2D eigenvalue weighted by Crippen LogP contribution is -2.43. The number of carboxylic acids is 2. The molecule has 11 nitrogen and oxygen atoms in total. The fourth-order valence-electron chi connectivity index (χ4n) is 4.27. The van der Waals surface area contributed by atoms with Crippen LogP contribution in [0.5, 0.6) is 0 Å². The lowest BCUT2D eigenvalue weighted by molar-refractivity contribution is -0.193. The monoisotopic (exact) mass is 724 g/mol. The summed E-state index contributed by atoms with van der Waals surface area (Å²) in [7, 11) is 0. The molecule has 5 rings (SSSR count). The molecule has 266 valence electrons. The van der Waals surface area contributed by atoms with E-state index in [4.69, 9.17) is 25.5 Å². The number of aromatic nitrogens is 3. The highest BCUT2D eigenvalue weighted by molar-refractivity contribution is 7.19. The zero-order valence-corrected chi connectivity index (χ0v) is 25.9. The van der Waals surface area contributed by atoms with Crippen molar-refractivity contribution in [2.24, 2.45) is 5.73 Å². The molecule has 1 aliphatic rings. The van der Waals surface area contributed by atoms with E-state index < -0.39 is 36.1 Å². The highest BCUT2D eigenvalue weighted by Gasteiger charge is 2.38. The predicted octanol–water partition coefficient (Wildman–Crippen LogP) is 4.76. The number of hydrogen-bond acceptors (Lipinski definition) is 8. The number of thiophene rings is 1. The maximum Gasteiger partial charge on any atom is 0.490 e. The minimum Gasteiger partial charge on any atom is -0.475 e. The molecule has 1 saturated heterocycles. The van der Waals surface area contributed by atoms with Gasteiger partial charge in [-0.25, -0.2) is 19.1 Å². The van der Waals surface area contributed by atoms with Gasteiger partial charge in [0, 0.05) is 53.6 Å². The van der Waals surface area contributed by atoms with Gasteiger partial charge in [0.05, 0.1) is 13.1 Å². The summed E-state index contributed by atoms with van der Waals surface area (Å²) in [5.41, 5.74) is 8.14. The molecule has 3 heterocycles. The van der Waals surface area contributed by atoms with Gasteiger partial charge in [0.15, 0.2) is 0 Å². The number of anilines is 1. The average molecular weight is 725 g/mol. The molecule has 2 aromatic carbocycles. The van der Waals surface area contributed by atoms with Gasteiger partial charge in [-0.3, -0.25) is 4.57 Å². The van der Waals surface area contributed by atoms with E-state index in [2.05, 4.69) is 57.8 Å². The Kier molecular flexibility index (Phi) is 13.0. The van der Waals surface area contributed by atoms with Crippen LogP contribution in [0.15, 0.2) is 71.3 Å². The Hall–Kier alpha value is -4.82. The summed E-state index contributed by atoms with van der Waals surface area (Å²) in [6, 6.07) is 17.1. The standard InChI is InChI=1S/C25H26F2N6OS.2C2HF3O2/c26-24(27)20(13-28)14-33-25(34)32(16-30-33)15-22-11-19-2-1-18(12-23(19)35-22)17-3-5-21(6-4-17)31-9-7-29-8-10-31;2*3-2(4,5)1(6)7/h1-6,11-12,16,29H,7-10,13-15,28H2;2*(H,6,7). The number of hydrogen-bond donors (Lipinski definition) is 4. The van der Waals surface area contributed by atoms with Crippen LogP contribution < -0.4 is 21.6 Å². The van der Waals surface area contributed by atoms with Gasteiger partial charge in [-0.2, -0.15) is 40.2 Å². The third-order valence-electron chi connectivity index (χ3n) is 6.72. The number of benzene rings is 2. The molecule has 0 amide bonds. The number of halogens is 8. The Bertz CT molecular complexity index is 1800. The summed E-state index contributed by atoms with van der Waals surface area (Å²) in [6.45, 7) is 3.74. The summed E-state index contributed by atoms with van der Waals surface area (Å²) in [5.74, 6) is -5.51. The third kappa shape index (κ3) is 11.1. The molecule has 4 aromatic rings. The van der Waals surface area contributed by atoms with E-state index in [-0.39, 0.29) is 18.7 Å². The van der Waals surface area contributed by atoms with Crippen LogP contribution in [0.3, 0.4) is 0 Å². The topological polar surface area (TPSA) is 156 Å². The van der Waals surface area contributed by atoms with Crippen LogP contribution in [-0.2, 0) is 22.7 Å². The summed E-state index contributed by atoms with van der Waals surface area (Å²) in [6.07, 6.45) is -10.7. The van der Waals surface area contributed by atoms with Crippen LogP contribution >= 0.6 is 11.3 Å². The smallest absolute Gasteiger partial charge is 0.475 e. The van der Waals surface area contributed by atoms with Crippen molar-refractivity contribution in [1.29, 1.82) is 0 Å². The first-order chi connectivity index (χ1) is 22.9. The van der Waals surface area contributed by atoms with E-state index in [1.165, 1.54) is 16.6 Å². The van der Waals surface area contributed by atoms with E-state index in [1.807, 2.05) is 6.07 Å². The van der Waals surface area contributed by atoms with Crippen molar-refractivity contribution >= 4 is 39.0 Å². The molecule has 1 fully saturated rings. The second kappa shape index (κ2) is 16.5. The van der Waals surface area contributed by atoms with E-state index in [0.29, 0.717) is 6.54 Å². The average Bonchev–Trinajstić information content (AvgIpc) is 3.61. The van der Waals surface area contributed by atoms with Gasteiger partial charge in [-0.05, 0) is 40.8 Å². The van der Waals surface area contributed by atoms with Gasteiger partial charge in [0.25, 0.3) is 6.08 Å². The molecule has 5 N–H and O–H groups in total. The molecule has 0 bridgehead atoms. The SMILES string of the molecule is NCC(Cn1ncn(Cc2cc3ccc(-c4ccc(N5CCNCC5)cc4)cc3s2)c1=O)=C(F)F.O=C(O)C(F)(F)F.O=C(O)C(F)(F)F. The normalized spacial score (nSPS) is 13.2. The first-order valence-electron chi connectivity index (χ1n) is 13.9. The number of carboxylic acid groups (broad SMARTS) is 2. The van der Waals surface area contributed by atoms with Crippen molar-refractivity contribution in [2.75, 3.05) is 37.6 Å².